The molecule has 0 aliphatic carbocycles. The van der Waals surface area contributed by atoms with E-state index in [0.717, 1.165) is 27.3 Å². The summed E-state index contributed by atoms with van der Waals surface area (Å²) in [4.78, 5) is 26.8. The molecule has 4 aromatic rings. The summed E-state index contributed by atoms with van der Waals surface area (Å²) in [6, 6.07) is 30.7. The minimum atomic E-state index is -0.425. The van der Waals surface area contributed by atoms with Gasteiger partial charge in [-0.15, -0.1) is 11.8 Å². The molecule has 1 atom stereocenters. The van der Waals surface area contributed by atoms with Crippen molar-refractivity contribution < 1.29 is 9.59 Å². The highest BCUT2D eigenvalue weighted by Gasteiger charge is 2.22. The Morgan fingerprint density at radius 1 is 0.686 bits per heavy atom. The highest BCUT2D eigenvalue weighted by atomic mass is 32.2. The third-order valence-corrected chi connectivity index (χ3v) is 7.06. The lowest BCUT2D eigenvalue weighted by Crippen LogP contribution is -2.19. The molecule has 0 bridgehead atoms. The van der Waals surface area contributed by atoms with Crippen LogP contribution in [0, 0.1) is 20.8 Å². The highest BCUT2D eigenvalue weighted by molar-refractivity contribution is 8.00. The van der Waals surface area contributed by atoms with Gasteiger partial charge in [-0.1, -0.05) is 54.1 Å². The highest BCUT2D eigenvalue weighted by Crippen LogP contribution is 2.37. The molecule has 0 saturated carbocycles. The van der Waals surface area contributed by atoms with Crippen LogP contribution in [-0.2, 0) is 4.79 Å². The second-order valence-corrected chi connectivity index (χ2v) is 9.72. The summed E-state index contributed by atoms with van der Waals surface area (Å²) in [5.41, 5.74) is 6.46. The Bertz CT molecular complexity index is 1320. The van der Waals surface area contributed by atoms with Gasteiger partial charge in [0.15, 0.2) is 0 Å². The second kappa shape index (κ2) is 11.1. The van der Waals surface area contributed by atoms with E-state index in [1.165, 1.54) is 17.3 Å². The van der Waals surface area contributed by atoms with Crippen molar-refractivity contribution in [2.75, 3.05) is 10.6 Å². The predicted octanol–water partition coefficient (Wildman–Crippen LogP) is 7.34. The number of hydrogen-bond acceptors (Lipinski definition) is 3. The van der Waals surface area contributed by atoms with Crippen molar-refractivity contribution in [2.24, 2.45) is 0 Å². The van der Waals surface area contributed by atoms with Gasteiger partial charge in [0.05, 0.1) is 0 Å². The molecule has 0 aliphatic heterocycles. The van der Waals surface area contributed by atoms with Gasteiger partial charge >= 0.3 is 0 Å². The number of benzene rings is 4. The summed E-state index contributed by atoms with van der Waals surface area (Å²) >= 11 is 1.48. The Hall–Kier alpha value is -3.83. The summed E-state index contributed by atoms with van der Waals surface area (Å²) < 4.78 is 0. The molecule has 4 rings (SSSR count). The molecular formula is C30H28N2O2S. The molecular weight excluding hydrogens is 452 g/mol. The Morgan fingerprint density at radius 3 is 2.00 bits per heavy atom. The summed E-state index contributed by atoms with van der Waals surface area (Å²) in [6.07, 6.45) is 0. The molecule has 0 heterocycles. The van der Waals surface area contributed by atoms with Crippen molar-refractivity contribution in [1.82, 2.24) is 0 Å². The fourth-order valence-electron chi connectivity index (χ4n) is 3.59. The van der Waals surface area contributed by atoms with Gasteiger partial charge in [0.2, 0.25) is 5.91 Å². The van der Waals surface area contributed by atoms with E-state index in [4.69, 9.17) is 0 Å². The van der Waals surface area contributed by atoms with E-state index in [9.17, 15) is 9.59 Å². The lowest BCUT2D eigenvalue weighted by molar-refractivity contribution is -0.115. The second-order valence-electron chi connectivity index (χ2n) is 8.54. The maximum absolute atomic E-state index is 13.3. The summed E-state index contributed by atoms with van der Waals surface area (Å²) in [6.45, 7) is 6.08. The maximum Gasteiger partial charge on any atom is 0.255 e. The van der Waals surface area contributed by atoms with Crippen LogP contribution < -0.4 is 10.6 Å². The van der Waals surface area contributed by atoms with Crippen LogP contribution in [-0.4, -0.2) is 11.8 Å². The fraction of sp³-hybridized carbons (Fsp3) is 0.133. The van der Waals surface area contributed by atoms with Crippen LogP contribution in [0.25, 0.3) is 0 Å². The van der Waals surface area contributed by atoms with Crippen LogP contribution in [0.5, 0.6) is 0 Å². The van der Waals surface area contributed by atoms with Crippen LogP contribution in [0.2, 0.25) is 0 Å². The van der Waals surface area contributed by atoms with Gasteiger partial charge in [-0.2, -0.15) is 0 Å². The molecule has 4 aromatic carbocycles. The van der Waals surface area contributed by atoms with Crippen LogP contribution >= 0.6 is 11.8 Å². The molecule has 5 heteroatoms. The Morgan fingerprint density at radius 2 is 1.34 bits per heavy atom. The Balaban J connectivity index is 1.48. The average Bonchev–Trinajstić information content (AvgIpc) is 2.86. The van der Waals surface area contributed by atoms with E-state index >= 15 is 0 Å². The molecule has 0 spiro atoms. The van der Waals surface area contributed by atoms with Gasteiger partial charge in [0.25, 0.3) is 5.91 Å². The van der Waals surface area contributed by atoms with E-state index < -0.39 is 5.25 Å². The molecule has 0 radical (unpaired) electrons. The van der Waals surface area contributed by atoms with Gasteiger partial charge in [-0.3, -0.25) is 9.59 Å². The number of rotatable bonds is 7. The van der Waals surface area contributed by atoms with Crippen molar-refractivity contribution in [2.45, 2.75) is 30.9 Å². The first kappa shape index (κ1) is 24.3. The van der Waals surface area contributed by atoms with Crippen LogP contribution in [0.3, 0.4) is 0 Å². The first-order valence-electron chi connectivity index (χ1n) is 11.5. The molecule has 1 unspecified atom stereocenters. The van der Waals surface area contributed by atoms with Gasteiger partial charge in [0, 0.05) is 21.8 Å². The van der Waals surface area contributed by atoms with Gasteiger partial charge in [-0.05, 0) is 86.0 Å². The average molecular weight is 481 g/mol. The van der Waals surface area contributed by atoms with E-state index in [1.54, 1.807) is 0 Å². The van der Waals surface area contributed by atoms with E-state index in [0.29, 0.717) is 11.3 Å². The number of aryl methyl sites for hydroxylation is 3. The standard InChI is InChI=1S/C30H28N2O2S/c1-20-9-12-24(13-10-20)29(33)31-25-15-17-27(18-16-25)35-28(23-7-5-4-6-8-23)30(34)32-26-14-11-21(2)22(3)19-26/h4-19,28H,1-3H3,(H,31,33)(H,32,34). The smallest absolute Gasteiger partial charge is 0.255 e. The van der Waals surface area contributed by atoms with Crippen molar-refractivity contribution in [1.29, 1.82) is 0 Å². The van der Waals surface area contributed by atoms with Gasteiger partial charge in [-0.25, -0.2) is 0 Å². The minimum Gasteiger partial charge on any atom is -0.325 e. The molecule has 0 saturated heterocycles. The number of hydrogen-bond donors (Lipinski definition) is 2. The maximum atomic E-state index is 13.3. The first-order valence-corrected chi connectivity index (χ1v) is 12.3. The topological polar surface area (TPSA) is 58.2 Å². The lowest BCUT2D eigenvalue weighted by Gasteiger charge is -2.18. The van der Waals surface area contributed by atoms with Crippen LogP contribution in [0.15, 0.2) is 102 Å². The zero-order chi connectivity index (χ0) is 24.8. The number of nitrogens with one attached hydrogen (secondary N) is 2. The molecule has 2 amide bonds. The van der Waals surface area contributed by atoms with E-state index in [2.05, 4.69) is 17.6 Å². The van der Waals surface area contributed by atoms with Crippen LogP contribution in [0.4, 0.5) is 11.4 Å². The SMILES string of the molecule is Cc1ccc(C(=O)Nc2ccc(SC(C(=O)Nc3ccc(C)c(C)c3)c3ccccc3)cc2)cc1. The predicted molar refractivity (Wildman–Crippen MR) is 145 cm³/mol. The molecule has 2 N–H and O–H groups in total. The van der Waals surface area contributed by atoms with Crippen molar-refractivity contribution >= 4 is 35.0 Å². The quantitative estimate of drug-likeness (QED) is 0.272. The summed E-state index contributed by atoms with van der Waals surface area (Å²) in [5, 5.41) is 5.57. The number of carbonyl (C=O) groups is 2. The van der Waals surface area contributed by atoms with Crippen molar-refractivity contribution in [3.8, 4) is 0 Å². The molecule has 0 aromatic heterocycles. The molecule has 4 nitrogen and oxygen atoms in total. The number of amides is 2. The van der Waals surface area contributed by atoms with Crippen molar-refractivity contribution in [3.63, 3.8) is 0 Å². The van der Waals surface area contributed by atoms with E-state index in [1.807, 2.05) is 111 Å². The summed E-state index contributed by atoms with van der Waals surface area (Å²) in [5.74, 6) is -0.235. The number of anilines is 2. The number of thioether (sulfide) groups is 1. The largest absolute Gasteiger partial charge is 0.325 e. The number of carbonyl (C=O) groups excluding carboxylic acids is 2. The monoisotopic (exact) mass is 480 g/mol. The first-order chi connectivity index (χ1) is 16.9. The third-order valence-electron chi connectivity index (χ3n) is 5.79. The normalized spacial score (nSPS) is 11.5. The Labute approximate surface area is 210 Å². The zero-order valence-corrected chi connectivity index (χ0v) is 20.9. The van der Waals surface area contributed by atoms with Gasteiger partial charge in [0.1, 0.15) is 5.25 Å². The zero-order valence-electron chi connectivity index (χ0n) is 20.0. The molecule has 176 valence electrons. The van der Waals surface area contributed by atoms with E-state index in [-0.39, 0.29) is 11.8 Å². The van der Waals surface area contributed by atoms with Crippen molar-refractivity contribution in [3.05, 3.63) is 125 Å². The molecule has 0 fully saturated rings. The summed E-state index contributed by atoms with van der Waals surface area (Å²) in [7, 11) is 0. The fourth-order valence-corrected chi connectivity index (χ4v) is 4.61. The minimum absolute atomic E-state index is 0.0822. The third kappa shape index (κ3) is 6.40. The molecule has 35 heavy (non-hydrogen) atoms. The van der Waals surface area contributed by atoms with Crippen LogP contribution in [0.1, 0.15) is 37.9 Å². The lowest BCUT2D eigenvalue weighted by atomic mass is 10.1. The van der Waals surface area contributed by atoms with Gasteiger partial charge < -0.3 is 10.6 Å². The Kier molecular flexibility index (Phi) is 7.68. The molecule has 0 aliphatic rings.